The summed E-state index contributed by atoms with van der Waals surface area (Å²) in [5, 5.41) is 10.9. The first-order chi connectivity index (χ1) is 25.5. The van der Waals surface area contributed by atoms with Gasteiger partial charge in [0.05, 0.1) is 17.9 Å². The van der Waals surface area contributed by atoms with Gasteiger partial charge in [-0.25, -0.2) is 15.0 Å². The Bertz CT molecular complexity index is 1750. The molecule has 3 aromatic carbocycles. The molecule has 0 spiro atoms. The van der Waals surface area contributed by atoms with Crippen LogP contribution in [0.15, 0.2) is 79.6 Å². The summed E-state index contributed by atoms with van der Waals surface area (Å²) in [5.74, 6) is 5.01. The molecule has 1 heterocycles. The summed E-state index contributed by atoms with van der Waals surface area (Å²) in [6.45, 7) is 32.5. The number of ether oxygens (including phenoxy) is 1. The standard InChI is InChI=1S/C30H33N3O.C19H36O/c1-18-8-11-23(20(3)14-18)27-31-28(24-12-9-19(2)15-21(24)4)33-29(32-27)25-13-10-22(16-26(25)34)17-30(5,6)7;1-7-9-10-11-12-13-17(4)18(5)14-16(3)15-20-19(6)8-2/h8-16,34H,17H2,1-7H3;7,16-18H,1,6,8-15H2,2-5H3. The second kappa shape index (κ2) is 21.0. The van der Waals surface area contributed by atoms with E-state index in [1.807, 2.05) is 18.2 Å². The van der Waals surface area contributed by atoms with Crippen LogP contribution in [0.2, 0.25) is 0 Å². The quantitative estimate of drug-likeness (QED) is 0.0665. The van der Waals surface area contributed by atoms with Crippen molar-refractivity contribution in [2.75, 3.05) is 6.61 Å². The summed E-state index contributed by atoms with van der Waals surface area (Å²) in [6.07, 6.45) is 11.6. The molecule has 5 heteroatoms. The van der Waals surface area contributed by atoms with Gasteiger partial charge in [-0.1, -0.05) is 134 Å². The van der Waals surface area contributed by atoms with Crippen molar-refractivity contribution in [3.05, 3.63) is 107 Å². The molecule has 3 atom stereocenters. The molecule has 0 saturated heterocycles. The van der Waals surface area contributed by atoms with Gasteiger partial charge in [-0.2, -0.15) is 0 Å². The number of rotatable bonds is 17. The number of hydrogen-bond donors (Lipinski definition) is 1. The van der Waals surface area contributed by atoms with Gasteiger partial charge in [0.1, 0.15) is 5.75 Å². The summed E-state index contributed by atoms with van der Waals surface area (Å²) >= 11 is 0. The molecule has 0 fully saturated rings. The zero-order valence-electron chi connectivity index (χ0n) is 35.5. The zero-order valence-corrected chi connectivity index (χ0v) is 35.5. The summed E-state index contributed by atoms with van der Waals surface area (Å²) in [4.78, 5) is 14.5. The third-order valence-corrected chi connectivity index (χ3v) is 10.2. The Kier molecular flexibility index (Phi) is 17.2. The average Bonchev–Trinajstić information content (AvgIpc) is 3.09. The summed E-state index contributed by atoms with van der Waals surface area (Å²) in [5.41, 5.74) is 8.35. The largest absolute Gasteiger partial charge is 0.507 e. The SMILES string of the molecule is C=CCCCCCC(C)C(C)CC(C)COC(=C)CC.Cc1ccc(-c2nc(-c3ccc(C)cc3C)nc(-c3ccc(CC(C)(C)C)cc3O)n2)c(C)c1. The minimum Gasteiger partial charge on any atom is -0.507 e. The predicted molar refractivity (Wildman–Crippen MR) is 231 cm³/mol. The highest BCUT2D eigenvalue weighted by molar-refractivity contribution is 5.72. The topological polar surface area (TPSA) is 68.1 Å². The number of phenols is 1. The smallest absolute Gasteiger partial charge is 0.167 e. The molecule has 0 aliphatic carbocycles. The van der Waals surface area contributed by atoms with E-state index in [9.17, 15) is 5.11 Å². The van der Waals surface area contributed by atoms with Crippen LogP contribution >= 0.6 is 0 Å². The highest BCUT2D eigenvalue weighted by Gasteiger charge is 2.19. The van der Waals surface area contributed by atoms with Gasteiger partial charge in [-0.05, 0) is 105 Å². The Labute approximate surface area is 328 Å². The first-order valence-electron chi connectivity index (χ1n) is 20.2. The van der Waals surface area contributed by atoms with Crippen LogP contribution in [-0.2, 0) is 11.2 Å². The van der Waals surface area contributed by atoms with Gasteiger partial charge >= 0.3 is 0 Å². The molecule has 4 aromatic rings. The molecule has 1 N–H and O–H groups in total. The maximum atomic E-state index is 10.9. The second-order valence-corrected chi connectivity index (χ2v) is 17.0. The molecule has 4 rings (SSSR count). The monoisotopic (exact) mass is 732 g/mol. The van der Waals surface area contributed by atoms with Crippen molar-refractivity contribution in [3.8, 4) is 39.9 Å². The molecule has 0 aliphatic rings. The van der Waals surface area contributed by atoms with Gasteiger partial charge in [0.15, 0.2) is 17.5 Å². The van der Waals surface area contributed by atoms with E-state index in [4.69, 9.17) is 19.7 Å². The predicted octanol–water partition coefficient (Wildman–Crippen LogP) is 13.8. The van der Waals surface area contributed by atoms with Crippen LogP contribution in [0.25, 0.3) is 34.2 Å². The van der Waals surface area contributed by atoms with Crippen molar-refractivity contribution in [3.63, 3.8) is 0 Å². The number of nitrogens with zero attached hydrogens (tertiary/aromatic N) is 3. The molecule has 5 nitrogen and oxygen atoms in total. The molecule has 0 radical (unpaired) electrons. The second-order valence-electron chi connectivity index (χ2n) is 17.0. The molecule has 54 heavy (non-hydrogen) atoms. The van der Waals surface area contributed by atoms with E-state index in [-0.39, 0.29) is 11.2 Å². The molecular formula is C49H69N3O2. The fourth-order valence-corrected chi connectivity index (χ4v) is 6.87. The Morgan fingerprint density at radius 1 is 0.759 bits per heavy atom. The van der Waals surface area contributed by atoms with Gasteiger partial charge in [0.2, 0.25) is 0 Å². The minimum atomic E-state index is 0.132. The Hall–Kier alpha value is -4.25. The number of unbranched alkanes of at least 4 members (excludes halogenated alkanes) is 3. The van der Waals surface area contributed by atoms with Crippen LogP contribution in [0.3, 0.4) is 0 Å². The maximum absolute atomic E-state index is 10.9. The van der Waals surface area contributed by atoms with E-state index in [1.165, 1.54) is 49.7 Å². The van der Waals surface area contributed by atoms with Crippen molar-refractivity contribution in [2.45, 2.75) is 128 Å². The lowest BCUT2D eigenvalue weighted by molar-refractivity contribution is 0.146. The summed E-state index contributed by atoms with van der Waals surface area (Å²) in [6, 6.07) is 18.3. The van der Waals surface area contributed by atoms with Gasteiger partial charge in [0, 0.05) is 17.5 Å². The van der Waals surface area contributed by atoms with E-state index < -0.39 is 0 Å². The number of allylic oxidation sites excluding steroid dienone is 2. The van der Waals surface area contributed by atoms with Crippen LogP contribution in [-0.4, -0.2) is 26.7 Å². The van der Waals surface area contributed by atoms with Crippen LogP contribution in [0, 0.1) is 50.9 Å². The van der Waals surface area contributed by atoms with Crippen molar-refractivity contribution < 1.29 is 9.84 Å². The van der Waals surface area contributed by atoms with Gasteiger partial charge in [0.25, 0.3) is 0 Å². The fraction of sp³-hybridized carbons (Fsp3) is 0.490. The van der Waals surface area contributed by atoms with E-state index in [0.717, 1.165) is 64.9 Å². The van der Waals surface area contributed by atoms with E-state index in [2.05, 4.69) is 132 Å². The zero-order chi connectivity index (χ0) is 40.0. The van der Waals surface area contributed by atoms with Crippen LogP contribution in [0.1, 0.15) is 121 Å². The molecule has 0 aliphatic heterocycles. The molecule has 1 aromatic heterocycles. The molecule has 3 unspecified atom stereocenters. The van der Waals surface area contributed by atoms with Gasteiger partial charge in [-0.3, -0.25) is 0 Å². The van der Waals surface area contributed by atoms with Gasteiger partial charge in [-0.15, -0.1) is 6.58 Å². The summed E-state index contributed by atoms with van der Waals surface area (Å²) < 4.78 is 5.66. The Morgan fingerprint density at radius 3 is 1.78 bits per heavy atom. The number of aromatic nitrogens is 3. The summed E-state index contributed by atoms with van der Waals surface area (Å²) in [7, 11) is 0. The lowest BCUT2D eigenvalue weighted by Crippen LogP contribution is -2.15. The van der Waals surface area contributed by atoms with Crippen molar-refractivity contribution >= 4 is 0 Å². The number of phenolic OH excluding ortho intramolecular Hbond substituents is 1. The van der Waals surface area contributed by atoms with Crippen LogP contribution in [0.4, 0.5) is 0 Å². The Morgan fingerprint density at radius 2 is 1.30 bits per heavy atom. The van der Waals surface area contributed by atoms with Crippen molar-refractivity contribution in [1.82, 2.24) is 15.0 Å². The van der Waals surface area contributed by atoms with Crippen LogP contribution < -0.4 is 0 Å². The number of aromatic hydroxyl groups is 1. The highest BCUT2D eigenvalue weighted by atomic mass is 16.5. The number of aryl methyl sites for hydroxylation is 4. The lowest BCUT2D eigenvalue weighted by Gasteiger charge is -2.23. The lowest BCUT2D eigenvalue weighted by atomic mass is 9.84. The molecule has 0 bridgehead atoms. The van der Waals surface area contributed by atoms with E-state index in [0.29, 0.717) is 29.0 Å². The minimum absolute atomic E-state index is 0.132. The molecular weight excluding hydrogens is 663 g/mol. The first kappa shape index (κ1) is 44.1. The van der Waals surface area contributed by atoms with Crippen LogP contribution in [0.5, 0.6) is 5.75 Å². The van der Waals surface area contributed by atoms with Crippen molar-refractivity contribution in [2.24, 2.45) is 23.2 Å². The first-order valence-corrected chi connectivity index (χ1v) is 20.2. The maximum Gasteiger partial charge on any atom is 0.167 e. The van der Waals surface area contributed by atoms with E-state index >= 15 is 0 Å². The highest BCUT2D eigenvalue weighted by Crippen LogP contribution is 2.34. The third-order valence-electron chi connectivity index (χ3n) is 10.2. The molecule has 0 amide bonds. The fourth-order valence-electron chi connectivity index (χ4n) is 6.87. The number of hydrogen-bond acceptors (Lipinski definition) is 5. The average molecular weight is 732 g/mol. The Balaban J connectivity index is 0.000000337. The van der Waals surface area contributed by atoms with E-state index in [1.54, 1.807) is 0 Å². The normalized spacial score (nSPS) is 13.0. The number of benzene rings is 3. The third kappa shape index (κ3) is 14.2. The molecule has 292 valence electrons. The molecule has 0 saturated carbocycles. The van der Waals surface area contributed by atoms with Gasteiger partial charge < -0.3 is 9.84 Å². The van der Waals surface area contributed by atoms with Crippen molar-refractivity contribution in [1.29, 1.82) is 0 Å².